The number of rotatable bonds is 3. The topological polar surface area (TPSA) is 39.6 Å². The molecule has 1 aromatic rings. The fourth-order valence-electron chi connectivity index (χ4n) is 2.43. The first kappa shape index (κ1) is 16.0. The van der Waals surface area contributed by atoms with E-state index in [1.165, 1.54) is 4.90 Å². The quantitative estimate of drug-likeness (QED) is 0.679. The van der Waals surface area contributed by atoms with Gasteiger partial charge in [-0.05, 0) is 13.8 Å². The summed E-state index contributed by atoms with van der Waals surface area (Å²) in [5.74, 6) is -6.26. The molecule has 0 spiro atoms. The van der Waals surface area contributed by atoms with E-state index in [-0.39, 0.29) is 13.1 Å². The van der Waals surface area contributed by atoms with Gasteiger partial charge in [0.05, 0.1) is 5.60 Å². The molecule has 0 unspecified atom stereocenters. The zero-order valence-corrected chi connectivity index (χ0v) is 11.8. The Morgan fingerprint density at radius 2 is 1.48 bits per heavy atom. The van der Waals surface area contributed by atoms with Crippen molar-refractivity contribution in [3.63, 3.8) is 0 Å². The van der Waals surface area contributed by atoms with Crippen molar-refractivity contribution < 1.29 is 22.7 Å². The number of aromatic nitrogens is 1. The molecule has 0 atom stereocenters. The summed E-state index contributed by atoms with van der Waals surface area (Å²) in [5.41, 5.74) is -1.60. The van der Waals surface area contributed by atoms with Gasteiger partial charge in [0.1, 0.15) is 5.69 Å². The van der Waals surface area contributed by atoms with Gasteiger partial charge in [0.25, 0.3) is 11.9 Å². The van der Waals surface area contributed by atoms with Gasteiger partial charge in [-0.1, -0.05) is 0 Å². The zero-order valence-electron chi connectivity index (χ0n) is 11.8. The van der Waals surface area contributed by atoms with Crippen LogP contribution in [0.25, 0.3) is 0 Å². The fourth-order valence-corrected chi connectivity index (χ4v) is 2.43. The Hall–Kier alpha value is -1.41. The Kier molecular flexibility index (Phi) is 4.38. The molecule has 1 aliphatic heterocycles. The summed E-state index contributed by atoms with van der Waals surface area (Å²) in [6.45, 7) is 4.98. The van der Waals surface area contributed by atoms with E-state index in [9.17, 15) is 22.7 Å². The molecule has 0 aliphatic carbocycles. The highest BCUT2D eigenvalue weighted by Gasteiger charge is 2.29. The van der Waals surface area contributed by atoms with Crippen molar-refractivity contribution >= 4 is 5.69 Å². The van der Waals surface area contributed by atoms with E-state index in [2.05, 4.69) is 4.98 Å². The molecule has 2 rings (SSSR count). The molecule has 8 heteroatoms. The second-order valence-electron chi connectivity index (χ2n) is 5.75. The van der Waals surface area contributed by atoms with Gasteiger partial charge in [-0.3, -0.25) is 4.90 Å². The third kappa shape index (κ3) is 3.62. The lowest BCUT2D eigenvalue weighted by Gasteiger charge is -2.38. The van der Waals surface area contributed by atoms with E-state index in [1.807, 2.05) is 4.90 Å². The molecule has 0 bridgehead atoms. The summed E-state index contributed by atoms with van der Waals surface area (Å²) < 4.78 is 53.5. The van der Waals surface area contributed by atoms with Crippen molar-refractivity contribution in [1.29, 1.82) is 0 Å². The summed E-state index contributed by atoms with van der Waals surface area (Å²) in [7, 11) is 0. The Morgan fingerprint density at radius 1 is 1.00 bits per heavy atom. The Morgan fingerprint density at radius 3 is 1.90 bits per heavy atom. The number of aliphatic hydroxyl groups is 1. The first-order valence-electron chi connectivity index (χ1n) is 6.59. The third-order valence-electron chi connectivity index (χ3n) is 3.27. The van der Waals surface area contributed by atoms with Crippen LogP contribution in [0.4, 0.5) is 23.2 Å². The molecule has 1 saturated heterocycles. The highest BCUT2D eigenvalue weighted by atomic mass is 19.2. The molecule has 1 aromatic heterocycles. The highest BCUT2D eigenvalue weighted by molar-refractivity contribution is 5.49. The number of β-amino-alcohol motifs (C(OH)–C–C–N with tert-alkyl or cyclic N) is 1. The average Bonchev–Trinajstić information content (AvgIpc) is 2.37. The lowest BCUT2D eigenvalue weighted by atomic mass is 10.1. The van der Waals surface area contributed by atoms with Crippen molar-refractivity contribution in [2.45, 2.75) is 19.4 Å². The van der Waals surface area contributed by atoms with Crippen molar-refractivity contribution in [3.8, 4) is 0 Å². The third-order valence-corrected chi connectivity index (χ3v) is 3.27. The van der Waals surface area contributed by atoms with Crippen LogP contribution < -0.4 is 4.90 Å². The molecular formula is C13H17F4N3O. The van der Waals surface area contributed by atoms with Crippen molar-refractivity contribution in [2.75, 3.05) is 37.6 Å². The van der Waals surface area contributed by atoms with Crippen LogP contribution in [-0.2, 0) is 0 Å². The molecule has 0 saturated carbocycles. The maximum atomic E-state index is 13.7. The predicted octanol–water partition coefficient (Wildman–Crippen LogP) is 1.53. The predicted molar refractivity (Wildman–Crippen MR) is 69.0 cm³/mol. The standard InChI is InChI=1S/C13H17F4N3O/c1-13(2,21)7-19-3-5-20(6-4-19)10-8(14)11(16)18-12(17)9(10)15/h21H,3-7H2,1-2H3. The number of hydrogen-bond donors (Lipinski definition) is 1. The minimum Gasteiger partial charge on any atom is -0.389 e. The second kappa shape index (κ2) is 5.76. The molecule has 1 fully saturated rings. The first-order chi connectivity index (χ1) is 9.69. The van der Waals surface area contributed by atoms with Crippen LogP contribution in [0, 0.1) is 23.5 Å². The molecule has 21 heavy (non-hydrogen) atoms. The molecule has 0 radical (unpaired) electrons. The highest BCUT2D eigenvalue weighted by Crippen LogP contribution is 2.27. The van der Waals surface area contributed by atoms with Gasteiger partial charge in [-0.15, -0.1) is 0 Å². The molecule has 0 amide bonds. The van der Waals surface area contributed by atoms with Crippen molar-refractivity contribution in [1.82, 2.24) is 9.88 Å². The van der Waals surface area contributed by atoms with Gasteiger partial charge in [0, 0.05) is 32.7 Å². The second-order valence-corrected chi connectivity index (χ2v) is 5.75. The number of anilines is 1. The minimum absolute atomic E-state index is 0.201. The summed E-state index contributed by atoms with van der Waals surface area (Å²) in [4.78, 5) is 5.70. The normalized spacial score (nSPS) is 17.4. The maximum Gasteiger partial charge on any atom is 0.253 e. The Labute approximate surface area is 120 Å². The van der Waals surface area contributed by atoms with Gasteiger partial charge in [-0.2, -0.15) is 22.5 Å². The number of nitrogens with zero attached hydrogens (tertiary/aromatic N) is 3. The molecule has 2 heterocycles. The van der Waals surface area contributed by atoms with Crippen LogP contribution in [0.2, 0.25) is 0 Å². The van der Waals surface area contributed by atoms with E-state index in [0.29, 0.717) is 19.6 Å². The van der Waals surface area contributed by atoms with E-state index in [0.717, 1.165) is 0 Å². The maximum absolute atomic E-state index is 13.7. The van der Waals surface area contributed by atoms with Crippen LogP contribution in [0.15, 0.2) is 0 Å². The smallest absolute Gasteiger partial charge is 0.253 e. The lowest BCUT2D eigenvalue weighted by Crippen LogP contribution is -2.51. The monoisotopic (exact) mass is 307 g/mol. The zero-order chi connectivity index (χ0) is 15.8. The van der Waals surface area contributed by atoms with E-state index in [4.69, 9.17) is 0 Å². The van der Waals surface area contributed by atoms with Gasteiger partial charge in [0.15, 0.2) is 0 Å². The first-order valence-corrected chi connectivity index (χ1v) is 6.59. The SMILES string of the molecule is CC(C)(O)CN1CCN(c2c(F)c(F)nc(F)c2F)CC1. The average molecular weight is 307 g/mol. The van der Waals surface area contributed by atoms with Crippen molar-refractivity contribution in [3.05, 3.63) is 23.5 Å². The van der Waals surface area contributed by atoms with Gasteiger partial charge >= 0.3 is 0 Å². The van der Waals surface area contributed by atoms with Gasteiger partial charge < -0.3 is 10.0 Å². The molecule has 0 aromatic carbocycles. The fraction of sp³-hybridized carbons (Fsp3) is 0.615. The number of piperazine rings is 1. The van der Waals surface area contributed by atoms with E-state index in [1.54, 1.807) is 13.8 Å². The van der Waals surface area contributed by atoms with Gasteiger partial charge in [-0.25, -0.2) is 0 Å². The Bertz CT molecular complexity index is 499. The van der Waals surface area contributed by atoms with E-state index < -0.39 is 34.8 Å². The minimum atomic E-state index is -1.65. The summed E-state index contributed by atoms with van der Waals surface area (Å²) in [6, 6.07) is 0. The van der Waals surface area contributed by atoms with Crippen LogP contribution in [0.3, 0.4) is 0 Å². The molecular weight excluding hydrogens is 290 g/mol. The number of pyridine rings is 1. The number of halogens is 4. The van der Waals surface area contributed by atoms with Crippen molar-refractivity contribution in [2.24, 2.45) is 0 Å². The molecule has 4 nitrogen and oxygen atoms in total. The summed E-state index contributed by atoms with van der Waals surface area (Å²) in [5, 5.41) is 9.73. The van der Waals surface area contributed by atoms with Crippen LogP contribution >= 0.6 is 0 Å². The molecule has 1 aliphatic rings. The van der Waals surface area contributed by atoms with Crippen LogP contribution in [0.1, 0.15) is 13.8 Å². The summed E-state index contributed by atoms with van der Waals surface area (Å²) >= 11 is 0. The Balaban J connectivity index is 2.13. The van der Waals surface area contributed by atoms with Crippen LogP contribution in [-0.4, -0.2) is 53.3 Å². The molecule has 1 N–H and O–H groups in total. The van der Waals surface area contributed by atoms with Gasteiger partial charge in [0.2, 0.25) is 11.6 Å². The number of hydrogen-bond acceptors (Lipinski definition) is 4. The van der Waals surface area contributed by atoms with E-state index >= 15 is 0 Å². The largest absolute Gasteiger partial charge is 0.389 e. The van der Waals surface area contributed by atoms with Crippen LogP contribution in [0.5, 0.6) is 0 Å². The summed E-state index contributed by atoms with van der Waals surface area (Å²) in [6.07, 6.45) is 0. The lowest BCUT2D eigenvalue weighted by molar-refractivity contribution is 0.0344. The molecule has 118 valence electrons.